The topological polar surface area (TPSA) is 44.7 Å². The summed E-state index contributed by atoms with van der Waals surface area (Å²) >= 11 is 0. The van der Waals surface area contributed by atoms with E-state index in [1.807, 2.05) is 0 Å². The quantitative estimate of drug-likeness (QED) is 0.786. The summed E-state index contributed by atoms with van der Waals surface area (Å²) in [5, 5.41) is 12.4. The van der Waals surface area contributed by atoms with Gasteiger partial charge in [-0.05, 0) is 68.7 Å². The van der Waals surface area contributed by atoms with Crippen molar-refractivity contribution in [2.75, 3.05) is 32.8 Å². The lowest BCUT2D eigenvalue weighted by Crippen LogP contribution is -2.54. The minimum atomic E-state index is 0.244. The predicted molar refractivity (Wildman–Crippen MR) is 97.7 cm³/mol. The fraction of sp³-hybridized carbons (Fsp3) is 0.700. The molecule has 0 radical (unpaired) electrons. The van der Waals surface area contributed by atoms with E-state index in [9.17, 15) is 0 Å². The van der Waals surface area contributed by atoms with Gasteiger partial charge in [-0.15, -0.1) is 0 Å². The first-order valence-corrected chi connectivity index (χ1v) is 9.52. The molecule has 0 bridgehead atoms. The van der Waals surface area contributed by atoms with E-state index in [1.54, 1.807) is 0 Å². The molecule has 2 N–H and O–H groups in total. The summed E-state index contributed by atoms with van der Waals surface area (Å²) < 4.78 is 5.93. The molecule has 4 heteroatoms. The molecule has 0 aromatic heterocycles. The van der Waals surface area contributed by atoms with E-state index in [4.69, 9.17) is 9.84 Å². The molecule has 0 spiro atoms. The molecule has 2 unspecified atom stereocenters. The highest BCUT2D eigenvalue weighted by molar-refractivity contribution is 5.45. The molecule has 0 saturated carbocycles. The maximum absolute atomic E-state index is 8.87. The van der Waals surface area contributed by atoms with E-state index in [0.29, 0.717) is 18.7 Å². The van der Waals surface area contributed by atoms with E-state index < -0.39 is 0 Å². The molecule has 2 saturated heterocycles. The average molecular weight is 332 g/mol. The smallest absolute Gasteiger partial charge is 0.122 e. The third-order valence-electron chi connectivity index (χ3n) is 5.76. The number of unbranched alkanes of at least 4 members (excludes halogenated alkanes) is 1. The summed E-state index contributed by atoms with van der Waals surface area (Å²) in [5.74, 6) is 1.00. The van der Waals surface area contributed by atoms with E-state index in [-0.39, 0.29) is 6.61 Å². The van der Waals surface area contributed by atoms with E-state index in [2.05, 4.69) is 36.2 Å². The number of ether oxygens (including phenoxy) is 1. The Morgan fingerprint density at radius 2 is 2.08 bits per heavy atom. The zero-order chi connectivity index (χ0) is 16.9. The maximum atomic E-state index is 8.87. The first-order valence-electron chi connectivity index (χ1n) is 9.52. The van der Waals surface area contributed by atoms with Gasteiger partial charge in [0.1, 0.15) is 5.75 Å². The third-order valence-corrected chi connectivity index (χ3v) is 5.76. The summed E-state index contributed by atoms with van der Waals surface area (Å²) in [6.45, 7) is 8.76. The molecule has 1 aromatic rings. The summed E-state index contributed by atoms with van der Waals surface area (Å²) in [6, 6.07) is 5.71. The fourth-order valence-electron chi connectivity index (χ4n) is 4.23. The average Bonchev–Trinajstić information content (AvgIpc) is 2.62. The van der Waals surface area contributed by atoms with Crippen molar-refractivity contribution < 1.29 is 9.84 Å². The van der Waals surface area contributed by atoms with Crippen molar-refractivity contribution in [2.24, 2.45) is 0 Å². The molecule has 2 heterocycles. The molecule has 2 atom stereocenters. The number of aliphatic hydroxyl groups excluding tert-OH is 1. The van der Waals surface area contributed by atoms with Gasteiger partial charge < -0.3 is 15.2 Å². The van der Waals surface area contributed by atoms with Gasteiger partial charge in [-0.2, -0.15) is 0 Å². The van der Waals surface area contributed by atoms with Gasteiger partial charge in [0.05, 0.1) is 6.61 Å². The Labute approximate surface area is 146 Å². The van der Waals surface area contributed by atoms with Crippen molar-refractivity contribution in [1.29, 1.82) is 0 Å². The Hall–Kier alpha value is -1.10. The van der Waals surface area contributed by atoms with Crippen LogP contribution in [0.1, 0.15) is 54.8 Å². The van der Waals surface area contributed by atoms with Crippen LogP contribution in [-0.2, 0) is 0 Å². The Morgan fingerprint density at radius 1 is 1.21 bits per heavy atom. The van der Waals surface area contributed by atoms with Gasteiger partial charge in [0, 0.05) is 38.3 Å². The number of fused-ring (bicyclic) bond motifs is 1. The first-order chi connectivity index (χ1) is 11.7. The van der Waals surface area contributed by atoms with Crippen LogP contribution in [0.15, 0.2) is 12.1 Å². The molecular weight excluding hydrogens is 300 g/mol. The van der Waals surface area contributed by atoms with Gasteiger partial charge in [-0.3, -0.25) is 4.90 Å². The van der Waals surface area contributed by atoms with Gasteiger partial charge in [0.15, 0.2) is 0 Å². The van der Waals surface area contributed by atoms with Crippen LogP contribution >= 0.6 is 0 Å². The van der Waals surface area contributed by atoms with Crippen LogP contribution < -0.4 is 10.1 Å². The Kier molecular flexibility index (Phi) is 6.14. The van der Waals surface area contributed by atoms with Crippen LogP contribution in [0.2, 0.25) is 0 Å². The SMILES string of the molecule is Cc1c(OCCCCO)ccc(C2CCCC3CNCCN32)c1C. The Balaban J connectivity index is 1.74. The number of piperidine rings is 1. The van der Waals surface area contributed by atoms with Gasteiger partial charge in [0.25, 0.3) is 0 Å². The largest absolute Gasteiger partial charge is 0.493 e. The van der Waals surface area contributed by atoms with E-state index in [0.717, 1.165) is 38.2 Å². The van der Waals surface area contributed by atoms with Crippen molar-refractivity contribution in [3.63, 3.8) is 0 Å². The fourth-order valence-corrected chi connectivity index (χ4v) is 4.23. The lowest BCUT2D eigenvalue weighted by molar-refractivity contribution is 0.0615. The molecule has 3 rings (SSSR count). The molecule has 0 aliphatic carbocycles. The molecule has 4 nitrogen and oxygen atoms in total. The standard InChI is InChI=1S/C20H32N2O2/c1-15-16(2)20(24-13-4-3-12-23)9-8-18(15)19-7-5-6-17-14-21-10-11-22(17)19/h8-9,17,19,21,23H,3-7,10-14H2,1-2H3. The first kappa shape index (κ1) is 17.7. The zero-order valence-electron chi connectivity index (χ0n) is 15.2. The van der Waals surface area contributed by atoms with Gasteiger partial charge in [0.2, 0.25) is 0 Å². The van der Waals surface area contributed by atoms with Crippen LogP contribution in [0.4, 0.5) is 0 Å². The van der Waals surface area contributed by atoms with Crippen molar-refractivity contribution in [1.82, 2.24) is 10.2 Å². The Morgan fingerprint density at radius 3 is 2.92 bits per heavy atom. The number of nitrogens with one attached hydrogen (secondary N) is 1. The summed E-state index contributed by atoms with van der Waals surface area (Å²) in [5.41, 5.74) is 4.15. The van der Waals surface area contributed by atoms with Crippen LogP contribution in [0.3, 0.4) is 0 Å². The normalized spacial score (nSPS) is 24.6. The Bertz CT molecular complexity index is 545. The van der Waals surface area contributed by atoms with Gasteiger partial charge >= 0.3 is 0 Å². The molecule has 0 amide bonds. The monoisotopic (exact) mass is 332 g/mol. The number of hydrogen-bond donors (Lipinski definition) is 2. The highest BCUT2D eigenvalue weighted by atomic mass is 16.5. The second-order valence-electron chi connectivity index (χ2n) is 7.22. The predicted octanol–water partition coefficient (Wildman–Crippen LogP) is 2.95. The number of hydrogen-bond acceptors (Lipinski definition) is 4. The van der Waals surface area contributed by atoms with E-state index >= 15 is 0 Å². The second-order valence-corrected chi connectivity index (χ2v) is 7.22. The number of rotatable bonds is 6. The minimum Gasteiger partial charge on any atom is -0.493 e. The van der Waals surface area contributed by atoms with Crippen molar-refractivity contribution >= 4 is 0 Å². The maximum Gasteiger partial charge on any atom is 0.122 e. The van der Waals surface area contributed by atoms with Crippen molar-refractivity contribution in [3.8, 4) is 5.75 Å². The number of piperazine rings is 1. The van der Waals surface area contributed by atoms with Crippen LogP contribution in [0.25, 0.3) is 0 Å². The molecule has 24 heavy (non-hydrogen) atoms. The molecule has 1 aromatic carbocycles. The zero-order valence-corrected chi connectivity index (χ0v) is 15.2. The molecule has 2 fully saturated rings. The second kappa shape index (κ2) is 8.32. The van der Waals surface area contributed by atoms with Gasteiger partial charge in [-0.1, -0.05) is 6.07 Å². The highest BCUT2D eigenvalue weighted by Gasteiger charge is 2.33. The highest BCUT2D eigenvalue weighted by Crippen LogP contribution is 2.38. The number of benzene rings is 1. The lowest BCUT2D eigenvalue weighted by atomic mass is 9.86. The van der Waals surface area contributed by atoms with E-state index in [1.165, 1.54) is 36.0 Å². The summed E-state index contributed by atoms with van der Waals surface area (Å²) in [6.07, 6.45) is 5.64. The number of aliphatic hydroxyl groups is 1. The summed E-state index contributed by atoms with van der Waals surface area (Å²) in [7, 11) is 0. The van der Waals surface area contributed by atoms with Crippen LogP contribution in [-0.4, -0.2) is 48.9 Å². The van der Waals surface area contributed by atoms with Crippen molar-refractivity contribution in [3.05, 3.63) is 28.8 Å². The molecular formula is C20H32N2O2. The molecule has 2 aliphatic rings. The lowest BCUT2D eigenvalue weighted by Gasteiger charge is -2.46. The van der Waals surface area contributed by atoms with Crippen LogP contribution in [0.5, 0.6) is 5.75 Å². The van der Waals surface area contributed by atoms with Crippen LogP contribution in [0, 0.1) is 13.8 Å². The third kappa shape index (κ3) is 3.76. The molecule has 2 aliphatic heterocycles. The number of nitrogens with zero attached hydrogens (tertiary/aromatic N) is 1. The molecule has 134 valence electrons. The summed E-state index contributed by atoms with van der Waals surface area (Å²) in [4.78, 5) is 2.73. The van der Waals surface area contributed by atoms with Crippen molar-refractivity contribution in [2.45, 2.75) is 58.0 Å². The van der Waals surface area contributed by atoms with Gasteiger partial charge in [-0.25, -0.2) is 0 Å². The minimum absolute atomic E-state index is 0.244.